The summed E-state index contributed by atoms with van der Waals surface area (Å²) in [5.74, 6) is -0.272. The van der Waals surface area contributed by atoms with Gasteiger partial charge in [0.05, 0.1) is 12.5 Å². The lowest BCUT2D eigenvalue weighted by molar-refractivity contribution is -0.137. The summed E-state index contributed by atoms with van der Waals surface area (Å²) in [4.78, 5) is 24.1. The Morgan fingerprint density at radius 2 is 2.22 bits per heavy atom. The molecule has 1 heterocycles. The highest BCUT2D eigenvalue weighted by atomic mass is 35.5. The van der Waals surface area contributed by atoms with E-state index in [0.29, 0.717) is 11.6 Å². The number of imide groups is 1. The summed E-state index contributed by atoms with van der Waals surface area (Å²) in [6, 6.07) is 7.24. The Labute approximate surface area is 111 Å². The molecule has 0 spiro atoms. The Hall–Kier alpha value is -1.39. The van der Waals surface area contributed by atoms with Crippen molar-refractivity contribution in [3.63, 3.8) is 0 Å². The van der Waals surface area contributed by atoms with Crippen LogP contribution in [-0.2, 0) is 16.0 Å². The van der Waals surface area contributed by atoms with Gasteiger partial charge in [-0.1, -0.05) is 23.7 Å². The number of hydrogen-bond donors (Lipinski definition) is 1. The molecule has 1 aromatic carbocycles. The minimum absolute atomic E-state index is 0.125. The molecule has 0 bridgehead atoms. The van der Waals surface area contributed by atoms with Gasteiger partial charge in [0.15, 0.2) is 0 Å². The molecule has 1 aliphatic rings. The van der Waals surface area contributed by atoms with Crippen molar-refractivity contribution >= 4 is 23.4 Å². The SMILES string of the molecule is CN1C(=O)CC(NCCc2cccc(Cl)c2)C1=O. The van der Waals surface area contributed by atoms with Gasteiger partial charge >= 0.3 is 0 Å². The first-order chi connectivity index (χ1) is 8.58. The summed E-state index contributed by atoms with van der Waals surface area (Å²) < 4.78 is 0. The normalized spacial score (nSPS) is 19.7. The van der Waals surface area contributed by atoms with Crippen molar-refractivity contribution in [2.24, 2.45) is 0 Å². The highest BCUT2D eigenvalue weighted by molar-refractivity contribution is 6.30. The van der Waals surface area contributed by atoms with Crippen LogP contribution in [0.2, 0.25) is 5.02 Å². The van der Waals surface area contributed by atoms with Crippen LogP contribution in [0.15, 0.2) is 24.3 Å². The summed E-state index contributed by atoms with van der Waals surface area (Å²) in [6.45, 7) is 0.651. The number of carbonyl (C=O) groups excluding carboxylic acids is 2. The number of hydrogen-bond acceptors (Lipinski definition) is 3. The number of nitrogens with zero attached hydrogens (tertiary/aromatic N) is 1. The molecule has 2 rings (SSSR count). The molecule has 1 N–H and O–H groups in total. The van der Waals surface area contributed by atoms with Gasteiger partial charge in [0, 0.05) is 12.1 Å². The third-order valence-corrected chi connectivity index (χ3v) is 3.31. The molecule has 1 aromatic rings. The Kier molecular flexibility index (Phi) is 3.99. The zero-order valence-electron chi connectivity index (χ0n) is 10.1. The van der Waals surface area contributed by atoms with E-state index in [2.05, 4.69) is 5.32 Å². The molecule has 1 aliphatic heterocycles. The lowest BCUT2D eigenvalue weighted by atomic mass is 10.1. The fraction of sp³-hybridized carbons (Fsp3) is 0.385. The lowest BCUT2D eigenvalue weighted by Gasteiger charge is -2.10. The summed E-state index contributed by atoms with van der Waals surface area (Å²) >= 11 is 5.89. The summed E-state index contributed by atoms with van der Waals surface area (Å²) in [7, 11) is 1.52. The minimum atomic E-state index is -0.373. The van der Waals surface area contributed by atoms with Crippen LogP contribution in [0.1, 0.15) is 12.0 Å². The second kappa shape index (κ2) is 5.50. The van der Waals surface area contributed by atoms with Crippen molar-refractivity contribution in [3.05, 3.63) is 34.9 Å². The van der Waals surface area contributed by atoms with Crippen LogP contribution >= 0.6 is 11.6 Å². The van der Waals surface area contributed by atoms with Crippen LogP contribution in [0, 0.1) is 0 Å². The van der Waals surface area contributed by atoms with Gasteiger partial charge in [-0.2, -0.15) is 0 Å². The van der Waals surface area contributed by atoms with E-state index in [1.807, 2.05) is 24.3 Å². The van der Waals surface area contributed by atoms with Crippen LogP contribution in [-0.4, -0.2) is 36.3 Å². The number of halogens is 1. The molecule has 2 amide bonds. The number of amides is 2. The Morgan fingerprint density at radius 1 is 1.44 bits per heavy atom. The standard InChI is InChI=1S/C13H15ClN2O2/c1-16-12(17)8-11(13(16)18)15-6-5-9-3-2-4-10(14)7-9/h2-4,7,11,15H,5-6,8H2,1H3. The van der Waals surface area contributed by atoms with Gasteiger partial charge in [-0.3, -0.25) is 14.5 Å². The molecule has 0 saturated carbocycles. The summed E-state index contributed by atoms with van der Waals surface area (Å²) in [5, 5.41) is 3.81. The van der Waals surface area contributed by atoms with Crippen LogP contribution in [0.5, 0.6) is 0 Å². The molecule has 0 aromatic heterocycles. The Balaban J connectivity index is 1.83. The number of likely N-dealkylation sites (tertiary alicyclic amines) is 1. The van der Waals surface area contributed by atoms with Gasteiger partial charge in [-0.25, -0.2) is 0 Å². The first-order valence-corrected chi connectivity index (χ1v) is 6.24. The van der Waals surface area contributed by atoms with E-state index in [-0.39, 0.29) is 24.3 Å². The number of carbonyl (C=O) groups is 2. The minimum Gasteiger partial charge on any atom is -0.305 e. The van der Waals surface area contributed by atoms with Crippen molar-refractivity contribution in [2.75, 3.05) is 13.6 Å². The zero-order chi connectivity index (χ0) is 13.1. The zero-order valence-corrected chi connectivity index (χ0v) is 10.9. The van der Waals surface area contributed by atoms with Crippen molar-refractivity contribution in [1.29, 1.82) is 0 Å². The van der Waals surface area contributed by atoms with E-state index in [0.717, 1.165) is 12.0 Å². The maximum atomic E-state index is 11.6. The fourth-order valence-corrected chi connectivity index (χ4v) is 2.21. The monoisotopic (exact) mass is 266 g/mol. The number of likely N-dealkylation sites (N-methyl/N-ethyl adjacent to an activating group) is 1. The van der Waals surface area contributed by atoms with E-state index >= 15 is 0 Å². The molecule has 0 radical (unpaired) electrons. The molecule has 18 heavy (non-hydrogen) atoms. The van der Waals surface area contributed by atoms with Crippen LogP contribution in [0.25, 0.3) is 0 Å². The second-order valence-corrected chi connectivity index (χ2v) is 4.82. The van der Waals surface area contributed by atoms with Gasteiger partial charge in [-0.05, 0) is 30.7 Å². The van der Waals surface area contributed by atoms with Gasteiger partial charge in [0.2, 0.25) is 11.8 Å². The maximum absolute atomic E-state index is 11.6. The molecule has 1 fully saturated rings. The number of nitrogens with one attached hydrogen (secondary N) is 1. The molecule has 1 unspecified atom stereocenters. The fourth-order valence-electron chi connectivity index (χ4n) is 2.00. The van der Waals surface area contributed by atoms with Gasteiger partial charge in [0.25, 0.3) is 0 Å². The molecule has 1 saturated heterocycles. The third-order valence-electron chi connectivity index (χ3n) is 3.07. The molecule has 4 nitrogen and oxygen atoms in total. The number of benzene rings is 1. The second-order valence-electron chi connectivity index (χ2n) is 4.38. The average Bonchev–Trinajstić information content (AvgIpc) is 2.57. The first-order valence-electron chi connectivity index (χ1n) is 5.86. The smallest absolute Gasteiger partial charge is 0.246 e. The third kappa shape index (κ3) is 2.89. The number of rotatable bonds is 4. The topological polar surface area (TPSA) is 49.4 Å². The van der Waals surface area contributed by atoms with Gasteiger partial charge in [-0.15, -0.1) is 0 Å². The molecular weight excluding hydrogens is 252 g/mol. The molecule has 1 atom stereocenters. The predicted molar refractivity (Wildman–Crippen MR) is 69.3 cm³/mol. The quantitative estimate of drug-likeness (QED) is 0.834. The lowest BCUT2D eigenvalue weighted by Crippen LogP contribution is -2.38. The largest absolute Gasteiger partial charge is 0.305 e. The van der Waals surface area contributed by atoms with Gasteiger partial charge in [0.1, 0.15) is 0 Å². The molecule has 96 valence electrons. The molecular formula is C13H15ClN2O2. The van der Waals surface area contributed by atoms with E-state index in [1.54, 1.807) is 0 Å². The predicted octanol–water partition coefficient (Wildman–Crippen LogP) is 1.23. The van der Waals surface area contributed by atoms with Crippen LogP contribution < -0.4 is 5.32 Å². The van der Waals surface area contributed by atoms with Crippen molar-refractivity contribution < 1.29 is 9.59 Å². The highest BCUT2D eigenvalue weighted by Gasteiger charge is 2.35. The van der Waals surface area contributed by atoms with E-state index < -0.39 is 0 Å². The Morgan fingerprint density at radius 3 is 2.83 bits per heavy atom. The van der Waals surface area contributed by atoms with Crippen molar-refractivity contribution in [3.8, 4) is 0 Å². The van der Waals surface area contributed by atoms with E-state index in [1.165, 1.54) is 11.9 Å². The highest BCUT2D eigenvalue weighted by Crippen LogP contribution is 2.12. The summed E-state index contributed by atoms with van der Waals surface area (Å²) in [5.41, 5.74) is 1.11. The first kappa shape index (κ1) is 13.1. The van der Waals surface area contributed by atoms with Crippen LogP contribution in [0.4, 0.5) is 0 Å². The van der Waals surface area contributed by atoms with Crippen molar-refractivity contribution in [2.45, 2.75) is 18.9 Å². The maximum Gasteiger partial charge on any atom is 0.246 e. The Bertz CT molecular complexity index is 476. The average molecular weight is 267 g/mol. The van der Waals surface area contributed by atoms with Crippen LogP contribution in [0.3, 0.4) is 0 Å². The summed E-state index contributed by atoms with van der Waals surface area (Å²) in [6.07, 6.45) is 1.03. The van der Waals surface area contributed by atoms with E-state index in [9.17, 15) is 9.59 Å². The van der Waals surface area contributed by atoms with Gasteiger partial charge < -0.3 is 5.32 Å². The van der Waals surface area contributed by atoms with Crippen molar-refractivity contribution in [1.82, 2.24) is 10.2 Å². The van der Waals surface area contributed by atoms with E-state index in [4.69, 9.17) is 11.6 Å². The molecule has 5 heteroatoms. The molecule has 0 aliphatic carbocycles.